The molecule has 0 aliphatic heterocycles. The molecule has 0 atom stereocenters. The highest BCUT2D eigenvalue weighted by Crippen LogP contribution is 2.45. The third-order valence-electron chi connectivity index (χ3n) is 4.05. The summed E-state index contributed by atoms with van der Waals surface area (Å²) in [5, 5.41) is 1.89. The van der Waals surface area contributed by atoms with Gasteiger partial charge < -0.3 is 5.73 Å². The molecule has 0 saturated heterocycles. The standard InChI is InChI=1S/C12H16N4O2S2/c13-10-11(16-5-6-19-12(16)14-10)20(17,18)15-9(7-1-2-7)8-3-4-8/h5-9,15H,1-4,13H2. The summed E-state index contributed by atoms with van der Waals surface area (Å²) in [7, 11) is -3.62. The highest BCUT2D eigenvalue weighted by atomic mass is 32.2. The van der Waals surface area contributed by atoms with Gasteiger partial charge in [-0.25, -0.2) is 18.1 Å². The van der Waals surface area contributed by atoms with Crippen molar-refractivity contribution < 1.29 is 8.42 Å². The lowest BCUT2D eigenvalue weighted by Crippen LogP contribution is -2.38. The highest BCUT2D eigenvalue weighted by Gasteiger charge is 2.44. The average molecular weight is 312 g/mol. The van der Waals surface area contributed by atoms with Crippen molar-refractivity contribution in [1.29, 1.82) is 0 Å². The number of anilines is 1. The first-order chi connectivity index (χ1) is 9.56. The topological polar surface area (TPSA) is 89.5 Å². The summed E-state index contributed by atoms with van der Waals surface area (Å²) >= 11 is 1.37. The fraction of sp³-hybridized carbons (Fsp3) is 0.583. The quantitative estimate of drug-likeness (QED) is 0.874. The van der Waals surface area contributed by atoms with Gasteiger partial charge in [0.05, 0.1) is 0 Å². The minimum atomic E-state index is -3.62. The predicted octanol–water partition coefficient (Wildman–Crippen LogP) is 1.44. The Hall–Kier alpha value is -1.12. The molecule has 2 aromatic heterocycles. The molecule has 2 fully saturated rings. The van der Waals surface area contributed by atoms with Gasteiger partial charge in [0.15, 0.2) is 15.8 Å². The number of imidazole rings is 1. The number of sulfonamides is 1. The normalized spacial score (nSPS) is 20.1. The molecule has 2 saturated carbocycles. The van der Waals surface area contributed by atoms with Crippen LogP contribution in [0.5, 0.6) is 0 Å². The molecule has 0 aromatic carbocycles. The predicted molar refractivity (Wildman–Crippen MR) is 77.0 cm³/mol. The van der Waals surface area contributed by atoms with Gasteiger partial charge in [-0.2, -0.15) is 0 Å². The molecular weight excluding hydrogens is 296 g/mol. The minimum Gasteiger partial charge on any atom is -0.381 e. The van der Waals surface area contributed by atoms with E-state index in [1.54, 1.807) is 16.0 Å². The zero-order valence-electron chi connectivity index (χ0n) is 10.8. The average Bonchev–Trinajstić information content (AvgIpc) is 3.27. The molecule has 0 bridgehead atoms. The summed E-state index contributed by atoms with van der Waals surface area (Å²) in [6, 6.07) is 0.0728. The van der Waals surface area contributed by atoms with Crippen LogP contribution in [-0.4, -0.2) is 23.8 Å². The van der Waals surface area contributed by atoms with E-state index in [2.05, 4.69) is 9.71 Å². The molecule has 0 amide bonds. The number of aromatic nitrogens is 2. The maximum atomic E-state index is 12.7. The third kappa shape index (κ3) is 2.02. The molecule has 2 aromatic rings. The molecule has 4 rings (SSSR count). The van der Waals surface area contributed by atoms with E-state index in [4.69, 9.17) is 5.73 Å². The van der Waals surface area contributed by atoms with E-state index in [9.17, 15) is 8.42 Å². The van der Waals surface area contributed by atoms with Crippen molar-refractivity contribution in [2.45, 2.75) is 36.8 Å². The van der Waals surface area contributed by atoms with Crippen LogP contribution in [0.1, 0.15) is 25.7 Å². The second kappa shape index (κ2) is 4.19. The molecule has 20 heavy (non-hydrogen) atoms. The Balaban J connectivity index is 1.71. The van der Waals surface area contributed by atoms with Crippen LogP contribution in [-0.2, 0) is 10.0 Å². The third-order valence-corrected chi connectivity index (χ3v) is 6.30. The van der Waals surface area contributed by atoms with E-state index in [1.807, 2.05) is 0 Å². The van der Waals surface area contributed by atoms with Gasteiger partial charge in [0, 0.05) is 17.6 Å². The first kappa shape index (κ1) is 12.6. The smallest absolute Gasteiger partial charge is 0.260 e. The number of nitrogens with one attached hydrogen (secondary N) is 1. The van der Waals surface area contributed by atoms with Crippen molar-refractivity contribution in [2.75, 3.05) is 5.73 Å². The van der Waals surface area contributed by atoms with Gasteiger partial charge in [-0.1, -0.05) is 0 Å². The molecule has 0 unspecified atom stereocenters. The maximum Gasteiger partial charge on any atom is 0.260 e. The lowest BCUT2D eigenvalue weighted by Gasteiger charge is -2.17. The van der Waals surface area contributed by atoms with Crippen LogP contribution in [0, 0.1) is 11.8 Å². The van der Waals surface area contributed by atoms with Crippen molar-refractivity contribution in [1.82, 2.24) is 14.1 Å². The van der Waals surface area contributed by atoms with Crippen molar-refractivity contribution in [2.24, 2.45) is 11.8 Å². The van der Waals surface area contributed by atoms with Gasteiger partial charge in [-0.05, 0) is 37.5 Å². The summed E-state index contributed by atoms with van der Waals surface area (Å²) in [5.41, 5.74) is 5.80. The molecule has 0 radical (unpaired) electrons. The first-order valence-electron chi connectivity index (χ1n) is 6.79. The maximum absolute atomic E-state index is 12.7. The molecule has 6 nitrogen and oxygen atoms in total. The monoisotopic (exact) mass is 312 g/mol. The number of nitrogen functional groups attached to an aromatic ring is 1. The van der Waals surface area contributed by atoms with Crippen molar-refractivity contribution in [3.63, 3.8) is 0 Å². The Morgan fingerprint density at radius 3 is 2.60 bits per heavy atom. The number of nitrogens with zero attached hydrogens (tertiary/aromatic N) is 2. The fourth-order valence-electron chi connectivity index (χ4n) is 2.77. The van der Waals surface area contributed by atoms with E-state index in [0.29, 0.717) is 16.8 Å². The summed E-state index contributed by atoms with van der Waals surface area (Å²) in [4.78, 5) is 4.72. The SMILES string of the molecule is Nc1nc2sccn2c1S(=O)(=O)NC(C1CC1)C1CC1. The van der Waals surface area contributed by atoms with Gasteiger partial charge in [-0.15, -0.1) is 11.3 Å². The Kier molecular flexibility index (Phi) is 2.64. The van der Waals surface area contributed by atoms with Crippen LogP contribution in [0.25, 0.3) is 4.96 Å². The van der Waals surface area contributed by atoms with E-state index in [-0.39, 0.29) is 16.9 Å². The van der Waals surface area contributed by atoms with Gasteiger partial charge in [-0.3, -0.25) is 4.40 Å². The molecule has 8 heteroatoms. The van der Waals surface area contributed by atoms with Crippen molar-refractivity contribution in [3.8, 4) is 0 Å². The number of nitrogens with two attached hydrogens (primary N) is 1. The second-order valence-electron chi connectivity index (χ2n) is 5.68. The molecule has 0 spiro atoms. The zero-order chi connectivity index (χ0) is 13.9. The Morgan fingerprint density at radius 2 is 2.00 bits per heavy atom. The Bertz CT molecular complexity index is 744. The van der Waals surface area contributed by atoms with Crippen LogP contribution in [0.2, 0.25) is 0 Å². The molecule has 2 heterocycles. The minimum absolute atomic E-state index is 0.0728. The van der Waals surface area contributed by atoms with Crippen LogP contribution < -0.4 is 10.5 Å². The molecular formula is C12H16N4O2S2. The summed E-state index contributed by atoms with van der Waals surface area (Å²) in [6.07, 6.45) is 6.19. The van der Waals surface area contributed by atoms with Crippen LogP contribution >= 0.6 is 11.3 Å². The second-order valence-corrected chi connectivity index (χ2v) is 8.18. The number of hydrogen-bond donors (Lipinski definition) is 2. The number of hydrogen-bond acceptors (Lipinski definition) is 5. The molecule has 2 aliphatic carbocycles. The molecule has 2 aliphatic rings. The van der Waals surface area contributed by atoms with E-state index in [0.717, 1.165) is 25.7 Å². The lowest BCUT2D eigenvalue weighted by molar-refractivity contribution is 0.470. The summed E-state index contributed by atoms with van der Waals surface area (Å²) < 4.78 is 29.7. The molecule has 3 N–H and O–H groups in total. The van der Waals surface area contributed by atoms with Crippen molar-refractivity contribution >= 4 is 32.1 Å². The zero-order valence-corrected chi connectivity index (χ0v) is 12.5. The highest BCUT2D eigenvalue weighted by molar-refractivity contribution is 7.89. The number of thiazole rings is 1. The molecule has 108 valence electrons. The van der Waals surface area contributed by atoms with Crippen LogP contribution in [0.4, 0.5) is 5.82 Å². The van der Waals surface area contributed by atoms with E-state index >= 15 is 0 Å². The largest absolute Gasteiger partial charge is 0.381 e. The van der Waals surface area contributed by atoms with Gasteiger partial charge in [0.25, 0.3) is 10.0 Å². The number of rotatable bonds is 5. The first-order valence-corrected chi connectivity index (χ1v) is 9.16. The Labute approximate surface area is 121 Å². The van der Waals surface area contributed by atoms with Gasteiger partial charge in [0.1, 0.15) is 0 Å². The van der Waals surface area contributed by atoms with Crippen molar-refractivity contribution in [3.05, 3.63) is 11.6 Å². The van der Waals surface area contributed by atoms with Crippen LogP contribution in [0.3, 0.4) is 0 Å². The van der Waals surface area contributed by atoms with E-state index < -0.39 is 10.0 Å². The fourth-order valence-corrected chi connectivity index (χ4v) is 5.13. The lowest BCUT2D eigenvalue weighted by atomic mass is 10.1. The van der Waals surface area contributed by atoms with Gasteiger partial charge >= 0.3 is 0 Å². The summed E-state index contributed by atoms with van der Waals surface area (Å²) in [5.74, 6) is 1.09. The van der Waals surface area contributed by atoms with Crippen LogP contribution in [0.15, 0.2) is 16.6 Å². The van der Waals surface area contributed by atoms with E-state index in [1.165, 1.54) is 11.3 Å². The summed E-state index contributed by atoms with van der Waals surface area (Å²) in [6.45, 7) is 0. The number of fused-ring (bicyclic) bond motifs is 1. The van der Waals surface area contributed by atoms with Gasteiger partial charge in [0.2, 0.25) is 0 Å². The Morgan fingerprint density at radius 1 is 1.35 bits per heavy atom.